The van der Waals surface area contributed by atoms with E-state index < -0.39 is 43.9 Å². The summed E-state index contributed by atoms with van der Waals surface area (Å²) in [5.74, 6) is 0. The Morgan fingerprint density at radius 1 is 1.04 bits per heavy atom. The van der Waals surface area contributed by atoms with E-state index in [4.69, 9.17) is 40.4 Å². The normalized spacial score (nSPS) is 29.9. The molecule has 0 aromatic carbocycles. The molecule has 3 saturated heterocycles. The van der Waals surface area contributed by atoms with Crippen LogP contribution in [0.1, 0.15) is 0 Å². The van der Waals surface area contributed by atoms with Crippen LogP contribution in [0.5, 0.6) is 0 Å². The van der Waals surface area contributed by atoms with E-state index in [1.165, 1.54) is 0 Å². The molecular formula is C8H19Cl3N2O8P2. The first-order chi connectivity index (χ1) is 10.3. The SMILES string of the molecule is NC(CO)(CO)CO.NC12COP(=O)(OC1)OC2.O=P(Cl)(Cl)Cl. The third-order valence-electron chi connectivity index (χ3n) is 2.48. The van der Waals surface area contributed by atoms with Gasteiger partial charge in [0.25, 0.3) is 0 Å². The Hall–Kier alpha value is 1.01. The van der Waals surface area contributed by atoms with E-state index in [0.717, 1.165) is 0 Å². The fourth-order valence-electron chi connectivity index (χ4n) is 1.01. The van der Waals surface area contributed by atoms with E-state index in [9.17, 15) is 9.13 Å². The van der Waals surface area contributed by atoms with Crippen molar-refractivity contribution < 1.29 is 38.0 Å². The Labute approximate surface area is 147 Å². The van der Waals surface area contributed by atoms with Gasteiger partial charge in [0.2, 0.25) is 0 Å². The fourth-order valence-corrected chi connectivity index (χ4v) is 2.48. The molecule has 3 rings (SSSR count). The van der Waals surface area contributed by atoms with Gasteiger partial charge < -0.3 is 26.8 Å². The van der Waals surface area contributed by atoms with E-state index in [0.29, 0.717) is 0 Å². The predicted molar refractivity (Wildman–Crippen MR) is 85.7 cm³/mol. The minimum atomic E-state index is -3.22. The summed E-state index contributed by atoms with van der Waals surface area (Å²) in [6, 6.07) is 0. The van der Waals surface area contributed by atoms with Crippen molar-refractivity contribution >= 4 is 46.7 Å². The van der Waals surface area contributed by atoms with E-state index in [2.05, 4.69) is 33.7 Å². The van der Waals surface area contributed by atoms with Crippen LogP contribution in [-0.2, 0) is 22.7 Å². The van der Waals surface area contributed by atoms with Crippen LogP contribution < -0.4 is 11.5 Å². The van der Waals surface area contributed by atoms with E-state index >= 15 is 0 Å². The highest BCUT2D eigenvalue weighted by Gasteiger charge is 2.48. The number of nitrogens with two attached hydrogens (primary N) is 2. The number of aliphatic hydroxyl groups is 3. The number of phosphoric ester groups is 1. The number of halogens is 3. The smallest absolute Gasteiger partial charge is 0.394 e. The van der Waals surface area contributed by atoms with Crippen LogP contribution in [0.25, 0.3) is 0 Å². The monoisotopic (exact) mass is 438 g/mol. The first kappa shape index (κ1) is 24.0. The van der Waals surface area contributed by atoms with Crippen LogP contribution >= 0.6 is 46.7 Å². The summed E-state index contributed by atoms with van der Waals surface area (Å²) in [6.07, 6.45) is 0. The van der Waals surface area contributed by atoms with Crippen LogP contribution in [0.3, 0.4) is 0 Å². The Morgan fingerprint density at radius 3 is 1.43 bits per heavy atom. The highest BCUT2D eigenvalue weighted by molar-refractivity contribution is 8.24. The highest BCUT2D eigenvalue weighted by atomic mass is 36.0. The van der Waals surface area contributed by atoms with Crippen LogP contribution in [0.15, 0.2) is 0 Å². The zero-order chi connectivity index (χ0) is 18.4. The Bertz CT molecular complexity index is 413. The second-order valence-corrected chi connectivity index (χ2v) is 13.2. The molecule has 0 atom stereocenters. The third-order valence-corrected chi connectivity index (χ3v) is 3.81. The van der Waals surface area contributed by atoms with Gasteiger partial charge in [0.05, 0.1) is 50.7 Å². The lowest BCUT2D eigenvalue weighted by molar-refractivity contribution is -0.0472. The van der Waals surface area contributed by atoms with Crippen molar-refractivity contribution in [3.05, 3.63) is 0 Å². The number of aliphatic hydroxyl groups excluding tert-OH is 3. The highest BCUT2D eigenvalue weighted by Crippen LogP contribution is 2.61. The van der Waals surface area contributed by atoms with E-state index in [1.54, 1.807) is 0 Å². The summed E-state index contributed by atoms with van der Waals surface area (Å²) in [7, 11) is -3.15. The molecule has 23 heavy (non-hydrogen) atoms. The van der Waals surface area contributed by atoms with Gasteiger partial charge in [0.1, 0.15) is 0 Å². The average Bonchev–Trinajstić information content (AvgIpc) is 2.47. The molecule has 0 radical (unpaired) electrons. The first-order valence-corrected chi connectivity index (χ1v) is 11.8. The van der Waals surface area contributed by atoms with Crippen LogP contribution in [0, 0.1) is 0 Å². The molecule has 7 N–H and O–H groups in total. The Balaban J connectivity index is 0.000000338. The van der Waals surface area contributed by atoms with Gasteiger partial charge in [-0.2, -0.15) is 0 Å². The maximum atomic E-state index is 11.1. The van der Waals surface area contributed by atoms with Crippen molar-refractivity contribution in [1.29, 1.82) is 0 Å². The number of rotatable bonds is 3. The number of hydrogen-bond acceptors (Lipinski definition) is 10. The Morgan fingerprint density at radius 2 is 1.30 bits per heavy atom. The molecule has 3 heterocycles. The van der Waals surface area contributed by atoms with Gasteiger partial charge in [0.15, 0.2) is 0 Å². The Kier molecular flexibility index (Phi) is 10.1. The molecular weight excluding hydrogens is 420 g/mol. The topological polar surface area (TPSA) is 175 Å². The molecule has 3 fully saturated rings. The summed E-state index contributed by atoms with van der Waals surface area (Å²) < 4.78 is 34.8. The van der Waals surface area contributed by atoms with Crippen LogP contribution in [0.4, 0.5) is 0 Å². The van der Waals surface area contributed by atoms with Crippen molar-refractivity contribution in [1.82, 2.24) is 0 Å². The van der Waals surface area contributed by atoms with Gasteiger partial charge in [-0.1, -0.05) is 0 Å². The molecule has 0 aromatic rings. The van der Waals surface area contributed by atoms with Gasteiger partial charge in [-0.3, -0.25) is 18.1 Å². The summed E-state index contributed by atoms with van der Waals surface area (Å²) in [6.45, 7) is -0.404. The number of hydrogen-bond donors (Lipinski definition) is 5. The average molecular weight is 440 g/mol. The molecule has 10 nitrogen and oxygen atoms in total. The van der Waals surface area contributed by atoms with E-state index in [-0.39, 0.29) is 19.8 Å². The predicted octanol–water partition coefficient (Wildman–Crippen LogP) is 0.341. The molecule has 0 aromatic heterocycles. The van der Waals surface area contributed by atoms with Crippen molar-refractivity contribution in [2.24, 2.45) is 11.5 Å². The van der Waals surface area contributed by atoms with Gasteiger partial charge in [0, 0.05) is 0 Å². The molecule has 15 heteroatoms. The minimum absolute atomic E-state index is 0.268. The lowest BCUT2D eigenvalue weighted by Gasteiger charge is -2.41. The summed E-state index contributed by atoms with van der Waals surface area (Å²) in [4.78, 5) is 0. The maximum Gasteiger partial charge on any atom is 0.474 e. The zero-order valence-corrected chi connectivity index (χ0v) is 15.9. The van der Waals surface area contributed by atoms with Crippen molar-refractivity contribution in [3.63, 3.8) is 0 Å². The molecule has 0 saturated carbocycles. The van der Waals surface area contributed by atoms with Gasteiger partial charge >= 0.3 is 13.0 Å². The zero-order valence-electron chi connectivity index (χ0n) is 11.8. The standard InChI is InChI=1S/C4H8NO4P.C4H11NO3.Cl3OP/c5-4-1-7-10(6,8-2-4)9-3-4;5-4(1-6,2-7)3-8;1-5(2,3)4/h1-3,5H2;6-8H,1-3,5H2;. The lowest BCUT2D eigenvalue weighted by atomic mass is 10.1. The van der Waals surface area contributed by atoms with Crippen LogP contribution in [-0.4, -0.2) is 66.0 Å². The number of phosphoric acid groups is 1. The lowest BCUT2D eigenvalue weighted by Crippen LogP contribution is -2.57. The van der Waals surface area contributed by atoms with E-state index in [1.807, 2.05) is 0 Å². The molecule has 0 aliphatic carbocycles. The van der Waals surface area contributed by atoms with Crippen molar-refractivity contribution in [2.45, 2.75) is 11.1 Å². The summed E-state index contributed by atoms with van der Waals surface area (Å²) >= 11 is 13.8. The van der Waals surface area contributed by atoms with Gasteiger partial charge in [-0.25, -0.2) is 4.57 Å². The fraction of sp³-hybridized carbons (Fsp3) is 1.00. The quantitative estimate of drug-likeness (QED) is 0.386. The first-order valence-electron chi connectivity index (χ1n) is 5.93. The second kappa shape index (κ2) is 9.64. The van der Waals surface area contributed by atoms with Gasteiger partial charge in [-0.05, 0) is 33.7 Å². The molecule has 3 aliphatic heterocycles. The summed E-state index contributed by atoms with van der Waals surface area (Å²) in [5.41, 5.74) is 9.02. The molecule has 0 unspecified atom stereocenters. The molecule has 2 bridgehead atoms. The van der Waals surface area contributed by atoms with Crippen molar-refractivity contribution in [3.8, 4) is 0 Å². The largest absolute Gasteiger partial charge is 0.474 e. The minimum Gasteiger partial charge on any atom is -0.394 e. The van der Waals surface area contributed by atoms with Crippen molar-refractivity contribution in [2.75, 3.05) is 39.6 Å². The second-order valence-electron chi connectivity index (χ2n) is 4.87. The molecule has 0 amide bonds. The molecule has 140 valence electrons. The molecule has 0 spiro atoms. The third kappa shape index (κ3) is 10.6. The van der Waals surface area contributed by atoms with Gasteiger partial charge in [-0.15, -0.1) is 0 Å². The number of fused-ring (bicyclic) bond motifs is 3. The van der Waals surface area contributed by atoms with Crippen LogP contribution in [0.2, 0.25) is 0 Å². The molecule has 3 aliphatic rings. The maximum absolute atomic E-state index is 11.1. The summed E-state index contributed by atoms with van der Waals surface area (Å²) in [5, 5.41) is 21.8.